The van der Waals surface area contributed by atoms with E-state index in [1.54, 1.807) is 29.2 Å². The normalized spacial score (nSPS) is 16.2. The summed E-state index contributed by atoms with van der Waals surface area (Å²) in [7, 11) is 0. The van der Waals surface area contributed by atoms with Gasteiger partial charge in [-0.05, 0) is 37.1 Å². The number of carbonyl (C=O) groups excluding carboxylic acids is 1. The average Bonchev–Trinajstić information content (AvgIpc) is 2.85. The van der Waals surface area contributed by atoms with E-state index in [0.717, 1.165) is 25.1 Å². The summed E-state index contributed by atoms with van der Waals surface area (Å²) >= 11 is 0. The lowest BCUT2D eigenvalue weighted by Crippen LogP contribution is -2.27. The van der Waals surface area contributed by atoms with Crippen molar-refractivity contribution in [2.45, 2.75) is 38.7 Å². The molecule has 0 radical (unpaired) electrons. The molecule has 0 aliphatic carbocycles. The lowest BCUT2D eigenvalue weighted by molar-refractivity contribution is -0.145. The Labute approximate surface area is 118 Å². The number of carboxylic acid groups (broad SMARTS) is 1. The number of aliphatic carboxylic acids is 1. The average molecular weight is 277 g/mol. The van der Waals surface area contributed by atoms with Crippen molar-refractivity contribution in [3.05, 3.63) is 24.3 Å². The SMILES string of the molecule is CCCC(Oc1ccc(N2CCCC2=O)cc1)C(=O)O. The second-order valence-electron chi connectivity index (χ2n) is 4.88. The lowest BCUT2D eigenvalue weighted by atomic mass is 10.2. The zero-order valence-electron chi connectivity index (χ0n) is 11.5. The number of ether oxygens (including phenoxy) is 1. The molecular formula is C15H19NO4. The molecule has 1 aliphatic heterocycles. The number of benzene rings is 1. The number of carboxylic acids is 1. The lowest BCUT2D eigenvalue weighted by Gasteiger charge is -2.17. The summed E-state index contributed by atoms with van der Waals surface area (Å²) in [6, 6.07) is 7.02. The van der Waals surface area contributed by atoms with E-state index in [2.05, 4.69) is 0 Å². The standard InChI is InChI=1S/C15H19NO4/c1-2-4-13(15(18)19)20-12-8-6-11(7-9-12)16-10-3-5-14(16)17/h6-9,13H,2-5,10H2,1H3,(H,18,19). The second kappa shape index (κ2) is 6.41. The molecule has 20 heavy (non-hydrogen) atoms. The maximum atomic E-state index is 11.6. The highest BCUT2D eigenvalue weighted by Crippen LogP contribution is 2.24. The first-order valence-corrected chi connectivity index (χ1v) is 6.91. The molecule has 1 unspecified atom stereocenters. The molecule has 0 bridgehead atoms. The van der Waals surface area contributed by atoms with E-state index in [0.29, 0.717) is 18.6 Å². The van der Waals surface area contributed by atoms with Crippen LogP contribution in [0.4, 0.5) is 5.69 Å². The quantitative estimate of drug-likeness (QED) is 0.867. The number of amides is 1. The topological polar surface area (TPSA) is 66.8 Å². The molecule has 2 rings (SSSR count). The molecule has 1 aliphatic rings. The van der Waals surface area contributed by atoms with Gasteiger partial charge in [0.05, 0.1) is 0 Å². The number of hydrogen-bond donors (Lipinski definition) is 1. The highest BCUT2D eigenvalue weighted by molar-refractivity contribution is 5.95. The summed E-state index contributed by atoms with van der Waals surface area (Å²) in [6.45, 7) is 2.66. The smallest absolute Gasteiger partial charge is 0.344 e. The third-order valence-electron chi connectivity index (χ3n) is 3.33. The van der Waals surface area contributed by atoms with Crippen molar-refractivity contribution in [2.75, 3.05) is 11.4 Å². The van der Waals surface area contributed by atoms with Crippen LogP contribution in [0.2, 0.25) is 0 Å². The van der Waals surface area contributed by atoms with Crippen LogP contribution in [-0.2, 0) is 9.59 Å². The zero-order chi connectivity index (χ0) is 14.5. The largest absolute Gasteiger partial charge is 0.479 e. The molecule has 1 N–H and O–H groups in total. The van der Waals surface area contributed by atoms with Crippen LogP contribution in [0.5, 0.6) is 5.75 Å². The Kier molecular flexibility index (Phi) is 4.61. The van der Waals surface area contributed by atoms with E-state index in [4.69, 9.17) is 9.84 Å². The minimum absolute atomic E-state index is 0.132. The molecule has 108 valence electrons. The molecule has 1 aromatic carbocycles. The van der Waals surface area contributed by atoms with Crippen LogP contribution < -0.4 is 9.64 Å². The Hall–Kier alpha value is -2.04. The van der Waals surface area contributed by atoms with Gasteiger partial charge < -0.3 is 14.7 Å². The van der Waals surface area contributed by atoms with E-state index >= 15 is 0 Å². The van der Waals surface area contributed by atoms with Gasteiger partial charge in [-0.25, -0.2) is 4.79 Å². The number of rotatable bonds is 6. The first-order chi connectivity index (χ1) is 9.61. The van der Waals surface area contributed by atoms with Crippen LogP contribution in [-0.4, -0.2) is 29.6 Å². The maximum absolute atomic E-state index is 11.6. The molecule has 1 atom stereocenters. The Bertz CT molecular complexity index is 483. The first kappa shape index (κ1) is 14.4. The molecule has 5 heteroatoms. The van der Waals surface area contributed by atoms with Crippen LogP contribution >= 0.6 is 0 Å². The van der Waals surface area contributed by atoms with Crippen LogP contribution in [0.3, 0.4) is 0 Å². The minimum atomic E-state index is -0.953. The van der Waals surface area contributed by atoms with Gasteiger partial charge in [-0.1, -0.05) is 13.3 Å². The zero-order valence-corrected chi connectivity index (χ0v) is 11.5. The van der Waals surface area contributed by atoms with Gasteiger partial charge >= 0.3 is 5.97 Å². The molecule has 0 saturated carbocycles. The first-order valence-electron chi connectivity index (χ1n) is 6.91. The molecule has 1 saturated heterocycles. The molecule has 5 nitrogen and oxygen atoms in total. The van der Waals surface area contributed by atoms with Crippen molar-refractivity contribution < 1.29 is 19.4 Å². The van der Waals surface area contributed by atoms with Crippen molar-refractivity contribution in [3.63, 3.8) is 0 Å². The summed E-state index contributed by atoms with van der Waals surface area (Å²) in [5.41, 5.74) is 0.835. The fraction of sp³-hybridized carbons (Fsp3) is 0.467. The van der Waals surface area contributed by atoms with Gasteiger partial charge in [0.15, 0.2) is 6.10 Å². The molecule has 1 fully saturated rings. The van der Waals surface area contributed by atoms with Crippen LogP contribution in [0.15, 0.2) is 24.3 Å². The summed E-state index contributed by atoms with van der Waals surface area (Å²) in [6.07, 6.45) is 1.88. The molecule has 1 aromatic rings. The summed E-state index contributed by atoms with van der Waals surface area (Å²) in [4.78, 5) is 24.4. The monoisotopic (exact) mass is 277 g/mol. The van der Waals surface area contributed by atoms with Crippen molar-refractivity contribution in [3.8, 4) is 5.75 Å². The summed E-state index contributed by atoms with van der Waals surface area (Å²) < 4.78 is 5.46. The van der Waals surface area contributed by atoms with Gasteiger partial charge in [-0.3, -0.25) is 4.79 Å². The summed E-state index contributed by atoms with van der Waals surface area (Å²) in [5, 5.41) is 9.05. The van der Waals surface area contributed by atoms with Gasteiger partial charge in [0, 0.05) is 18.7 Å². The number of anilines is 1. The van der Waals surface area contributed by atoms with Crippen molar-refractivity contribution in [1.82, 2.24) is 0 Å². The van der Waals surface area contributed by atoms with Gasteiger partial charge in [0.25, 0.3) is 0 Å². The molecule has 1 heterocycles. The maximum Gasteiger partial charge on any atom is 0.344 e. The van der Waals surface area contributed by atoms with Gasteiger partial charge in [0.1, 0.15) is 5.75 Å². The number of hydrogen-bond acceptors (Lipinski definition) is 3. The van der Waals surface area contributed by atoms with E-state index in [1.807, 2.05) is 6.92 Å². The molecular weight excluding hydrogens is 258 g/mol. The van der Waals surface area contributed by atoms with Crippen LogP contribution in [0.1, 0.15) is 32.6 Å². The van der Waals surface area contributed by atoms with Gasteiger partial charge in [0.2, 0.25) is 5.91 Å². The van der Waals surface area contributed by atoms with E-state index in [9.17, 15) is 9.59 Å². The number of nitrogens with zero attached hydrogens (tertiary/aromatic N) is 1. The highest BCUT2D eigenvalue weighted by atomic mass is 16.5. The molecule has 0 aromatic heterocycles. The van der Waals surface area contributed by atoms with Crippen LogP contribution in [0.25, 0.3) is 0 Å². The number of carbonyl (C=O) groups is 2. The van der Waals surface area contributed by atoms with Crippen molar-refractivity contribution in [2.24, 2.45) is 0 Å². The Morgan fingerprint density at radius 1 is 1.40 bits per heavy atom. The predicted molar refractivity (Wildman–Crippen MR) is 75.0 cm³/mol. The predicted octanol–water partition coefficient (Wildman–Crippen LogP) is 2.45. The Morgan fingerprint density at radius 2 is 2.10 bits per heavy atom. The Balaban J connectivity index is 2.04. The second-order valence-corrected chi connectivity index (χ2v) is 4.88. The third kappa shape index (κ3) is 3.29. The van der Waals surface area contributed by atoms with E-state index < -0.39 is 12.1 Å². The Morgan fingerprint density at radius 3 is 2.60 bits per heavy atom. The van der Waals surface area contributed by atoms with E-state index in [1.165, 1.54) is 0 Å². The fourth-order valence-electron chi connectivity index (χ4n) is 2.29. The van der Waals surface area contributed by atoms with Crippen molar-refractivity contribution >= 4 is 17.6 Å². The van der Waals surface area contributed by atoms with Gasteiger partial charge in [-0.15, -0.1) is 0 Å². The van der Waals surface area contributed by atoms with Crippen LogP contribution in [0, 0.1) is 0 Å². The van der Waals surface area contributed by atoms with Crippen molar-refractivity contribution in [1.29, 1.82) is 0 Å². The minimum Gasteiger partial charge on any atom is -0.479 e. The van der Waals surface area contributed by atoms with E-state index in [-0.39, 0.29) is 5.91 Å². The van der Waals surface area contributed by atoms with Gasteiger partial charge in [-0.2, -0.15) is 0 Å². The highest BCUT2D eigenvalue weighted by Gasteiger charge is 2.22. The molecule has 0 spiro atoms. The third-order valence-corrected chi connectivity index (χ3v) is 3.33. The summed E-state index contributed by atoms with van der Waals surface area (Å²) in [5.74, 6) is -0.306. The molecule has 1 amide bonds. The fourth-order valence-corrected chi connectivity index (χ4v) is 2.29.